The van der Waals surface area contributed by atoms with E-state index in [0.29, 0.717) is 25.5 Å². The molecule has 7 heteroatoms. The molecule has 148 valence electrons. The van der Waals surface area contributed by atoms with E-state index in [1.807, 2.05) is 42.5 Å². The molecule has 0 radical (unpaired) electrons. The van der Waals surface area contributed by atoms with Crippen molar-refractivity contribution in [2.75, 3.05) is 41.8 Å². The largest absolute Gasteiger partial charge is 0.381 e. The Morgan fingerprint density at radius 2 is 1.83 bits per heavy atom. The molecular weight excluding hydrogens is 366 g/mol. The van der Waals surface area contributed by atoms with Crippen molar-refractivity contribution in [1.82, 2.24) is 9.97 Å². The molecule has 1 aliphatic rings. The van der Waals surface area contributed by atoms with Gasteiger partial charge in [0.25, 0.3) is 5.91 Å². The first-order valence-corrected chi connectivity index (χ1v) is 9.61. The first-order valence-electron chi connectivity index (χ1n) is 9.61. The lowest BCUT2D eigenvalue weighted by Gasteiger charge is -2.30. The molecule has 0 atom stereocenters. The van der Waals surface area contributed by atoms with E-state index in [2.05, 4.69) is 25.5 Å². The number of nitrogens with one attached hydrogen (secondary N) is 2. The summed E-state index contributed by atoms with van der Waals surface area (Å²) in [5.41, 5.74) is 4.08. The van der Waals surface area contributed by atoms with Crippen LogP contribution < -0.4 is 15.5 Å². The Morgan fingerprint density at radius 3 is 2.66 bits per heavy atom. The minimum Gasteiger partial charge on any atom is -0.381 e. The standard InChI is InChI=1S/C22H23N5O2/c28-22(26-19-3-1-2-4-21(19)27-11-13-29-14-12-27)20-15-18(7-10-24-20)25-16-17-5-8-23-9-6-17/h1-10,15H,11-14,16H2,(H,24,25)(H,26,28). The van der Waals surface area contributed by atoms with Crippen molar-refractivity contribution in [3.05, 3.63) is 78.4 Å². The molecule has 2 N–H and O–H groups in total. The Labute approximate surface area is 169 Å². The van der Waals surface area contributed by atoms with Crippen molar-refractivity contribution in [2.24, 2.45) is 0 Å². The van der Waals surface area contributed by atoms with Gasteiger partial charge >= 0.3 is 0 Å². The zero-order valence-corrected chi connectivity index (χ0v) is 16.0. The number of nitrogens with zero attached hydrogens (tertiary/aromatic N) is 3. The topological polar surface area (TPSA) is 79.4 Å². The average Bonchev–Trinajstić information content (AvgIpc) is 2.79. The van der Waals surface area contributed by atoms with Gasteiger partial charge in [0.15, 0.2) is 0 Å². The number of hydrogen-bond donors (Lipinski definition) is 2. The lowest BCUT2D eigenvalue weighted by atomic mass is 10.2. The highest BCUT2D eigenvalue weighted by molar-refractivity contribution is 6.05. The fourth-order valence-electron chi connectivity index (χ4n) is 3.22. The van der Waals surface area contributed by atoms with E-state index in [1.165, 1.54) is 0 Å². The number of benzene rings is 1. The van der Waals surface area contributed by atoms with Crippen LogP contribution in [0.5, 0.6) is 0 Å². The number of anilines is 3. The molecule has 1 aliphatic heterocycles. The van der Waals surface area contributed by atoms with E-state index in [-0.39, 0.29) is 5.91 Å². The summed E-state index contributed by atoms with van der Waals surface area (Å²) in [6.45, 7) is 3.64. The van der Waals surface area contributed by atoms with Crippen molar-refractivity contribution in [2.45, 2.75) is 6.54 Å². The number of pyridine rings is 2. The first-order chi connectivity index (χ1) is 14.3. The average molecular weight is 389 g/mol. The Morgan fingerprint density at radius 1 is 1.03 bits per heavy atom. The molecule has 0 saturated carbocycles. The van der Waals surface area contributed by atoms with Crippen LogP contribution in [-0.4, -0.2) is 42.2 Å². The van der Waals surface area contributed by atoms with Crippen LogP contribution in [-0.2, 0) is 11.3 Å². The normalized spacial score (nSPS) is 13.7. The molecule has 0 unspecified atom stereocenters. The van der Waals surface area contributed by atoms with E-state index in [9.17, 15) is 4.79 Å². The van der Waals surface area contributed by atoms with Crippen LogP contribution >= 0.6 is 0 Å². The van der Waals surface area contributed by atoms with Gasteiger partial charge in [-0.05, 0) is 42.0 Å². The zero-order chi connectivity index (χ0) is 19.9. The molecule has 3 heterocycles. The smallest absolute Gasteiger partial charge is 0.274 e. The number of morpholine rings is 1. The molecule has 1 saturated heterocycles. The molecule has 1 amide bonds. The number of para-hydroxylation sites is 2. The zero-order valence-electron chi connectivity index (χ0n) is 16.0. The minimum absolute atomic E-state index is 0.238. The highest BCUT2D eigenvalue weighted by atomic mass is 16.5. The molecule has 1 aromatic carbocycles. The number of hydrogen-bond acceptors (Lipinski definition) is 6. The summed E-state index contributed by atoms with van der Waals surface area (Å²) in [4.78, 5) is 23.3. The number of carbonyl (C=O) groups is 1. The van der Waals surface area contributed by atoms with Crippen LogP contribution in [0.2, 0.25) is 0 Å². The molecule has 0 bridgehead atoms. The fraction of sp³-hybridized carbons (Fsp3) is 0.227. The SMILES string of the molecule is O=C(Nc1ccccc1N1CCOCC1)c1cc(NCc2ccncc2)ccn1. The number of amides is 1. The van der Waals surface area contributed by atoms with Crippen LogP contribution in [0, 0.1) is 0 Å². The van der Waals surface area contributed by atoms with Crippen molar-refractivity contribution in [1.29, 1.82) is 0 Å². The van der Waals surface area contributed by atoms with Crippen molar-refractivity contribution in [3.63, 3.8) is 0 Å². The third-order valence-electron chi connectivity index (χ3n) is 4.74. The predicted molar refractivity (Wildman–Crippen MR) is 113 cm³/mol. The lowest BCUT2D eigenvalue weighted by Crippen LogP contribution is -2.36. The first kappa shape index (κ1) is 18.9. The number of rotatable bonds is 6. The third-order valence-corrected chi connectivity index (χ3v) is 4.74. The Balaban J connectivity index is 1.45. The highest BCUT2D eigenvalue weighted by Crippen LogP contribution is 2.26. The van der Waals surface area contributed by atoms with E-state index >= 15 is 0 Å². The summed E-state index contributed by atoms with van der Waals surface area (Å²) >= 11 is 0. The maximum atomic E-state index is 12.8. The van der Waals surface area contributed by atoms with Crippen LogP contribution in [0.1, 0.15) is 16.1 Å². The van der Waals surface area contributed by atoms with E-state index < -0.39 is 0 Å². The number of carbonyl (C=O) groups excluding carboxylic acids is 1. The summed E-state index contributed by atoms with van der Waals surface area (Å²) in [5.74, 6) is -0.238. The van der Waals surface area contributed by atoms with Crippen molar-refractivity contribution < 1.29 is 9.53 Å². The second kappa shape index (κ2) is 9.16. The molecule has 4 rings (SSSR count). The summed E-state index contributed by atoms with van der Waals surface area (Å²) in [5, 5.41) is 6.32. The van der Waals surface area contributed by atoms with Gasteiger partial charge in [-0.1, -0.05) is 12.1 Å². The van der Waals surface area contributed by atoms with Gasteiger partial charge in [-0.3, -0.25) is 14.8 Å². The Kier molecular flexibility index (Phi) is 5.97. The van der Waals surface area contributed by atoms with Gasteiger partial charge in [0.1, 0.15) is 5.69 Å². The summed E-state index contributed by atoms with van der Waals surface area (Å²) < 4.78 is 5.43. The second-order valence-electron chi connectivity index (χ2n) is 6.71. The van der Waals surface area contributed by atoms with Crippen molar-refractivity contribution >= 4 is 23.0 Å². The molecular formula is C22H23N5O2. The number of ether oxygens (including phenoxy) is 1. The summed E-state index contributed by atoms with van der Waals surface area (Å²) in [6.07, 6.45) is 5.15. The second-order valence-corrected chi connectivity index (χ2v) is 6.71. The molecule has 1 fully saturated rings. The Hall–Kier alpha value is -3.45. The van der Waals surface area contributed by atoms with Crippen LogP contribution in [0.4, 0.5) is 17.1 Å². The van der Waals surface area contributed by atoms with Gasteiger partial charge in [-0.25, -0.2) is 0 Å². The van der Waals surface area contributed by atoms with Crippen LogP contribution in [0.15, 0.2) is 67.1 Å². The van der Waals surface area contributed by atoms with Crippen molar-refractivity contribution in [3.8, 4) is 0 Å². The van der Waals surface area contributed by atoms with Gasteiger partial charge in [-0.15, -0.1) is 0 Å². The molecule has 2 aromatic heterocycles. The van der Waals surface area contributed by atoms with Crippen LogP contribution in [0.25, 0.3) is 0 Å². The van der Waals surface area contributed by atoms with Gasteiger partial charge in [-0.2, -0.15) is 0 Å². The van der Waals surface area contributed by atoms with Gasteiger partial charge < -0.3 is 20.3 Å². The fourth-order valence-corrected chi connectivity index (χ4v) is 3.22. The molecule has 29 heavy (non-hydrogen) atoms. The Bertz CT molecular complexity index is 958. The van der Waals surface area contributed by atoms with Gasteiger partial charge in [0.05, 0.1) is 24.6 Å². The van der Waals surface area contributed by atoms with E-state index in [0.717, 1.165) is 35.7 Å². The quantitative estimate of drug-likeness (QED) is 0.674. The maximum Gasteiger partial charge on any atom is 0.274 e. The maximum absolute atomic E-state index is 12.8. The van der Waals surface area contributed by atoms with Gasteiger partial charge in [0, 0.05) is 43.9 Å². The summed E-state index contributed by atoms with van der Waals surface area (Å²) in [7, 11) is 0. The monoisotopic (exact) mass is 389 g/mol. The minimum atomic E-state index is -0.238. The molecule has 0 spiro atoms. The highest BCUT2D eigenvalue weighted by Gasteiger charge is 2.17. The molecule has 3 aromatic rings. The van der Waals surface area contributed by atoms with E-state index in [4.69, 9.17) is 4.74 Å². The third kappa shape index (κ3) is 4.89. The van der Waals surface area contributed by atoms with Crippen LogP contribution in [0.3, 0.4) is 0 Å². The molecule has 0 aliphatic carbocycles. The predicted octanol–water partition coefficient (Wildman–Crippen LogP) is 3.18. The molecule has 7 nitrogen and oxygen atoms in total. The van der Waals surface area contributed by atoms with E-state index in [1.54, 1.807) is 24.7 Å². The number of aromatic nitrogens is 2. The lowest BCUT2D eigenvalue weighted by molar-refractivity contribution is 0.102. The van der Waals surface area contributed by atoms with Gasteiger partial charge in [0.2, 0.25) is 0 Å². The summed E-state index contributed by atoms with van der Waals surface area (Å²) in [6, 6.07) is 15.3.